The van der Waals surface area contributed by atoms with Gasteiger partial charge < -0.3 is 63.8 Å². The molecule has 9 atom stereocenters. The molecule has 0 spiro atoms. The van der Waals surface area contributed by atoms with Crippen LogP contribution >= 0.6 is 0 Å². The van der Waals surface area contributed by atoms with Gasteiger partial charge in [0.2, 0.25) is 41.4 Å². The second-order valence-corrected chi connectivity index (χ2v) is 16.3. The van der Waals surface area contributed by atoms with Crippen LogP contribution in [0, 0.1) is 17.8 Å². The molecule has 22 heteroatoms. The van der Waals surface area contributed by atoms with Gasteiger partial charge in [-0.2, -0.15) is 0 Å². The van der Waals surface area contributed by atoms with Crippen LogP contribution in [0.15, 0.2) is 30.3 Å². The van der Waals surface area contributed by atoms with Crippen molar-refractivity contribution in [3.05, 3.63) is 35.9 Å². The third kappa shape index (κ3) is 21.0. The van der Waals surface area contributed by atoms with Gasteiger partial charge in [-0.25, -0.2) is 4.79 Å². The first kappa shape index (κ1) is 54.9. The summed E-state index contributed by atoms with van der Waals surface area (Å²) in [6.07, 6.45) is -3.85. The van der Waals surface area contributed by atoms with Crippen LogP contribution in [0.5, 0.6) is 0 Å². The number of primary amides is 1. The van der Waals surface area contributed by atoms with Gasteiger partial charge in [0.1, 0.15) is 30.2 Å². The Morgan fingerprint density at radius 3 is 1.67 bits per heavy atom. The van der Waals surface area contributed by atoms with E-state index in [4.69, 9.17) is 16.6 Å². The topological polar surface area (TPSA) is 376 Å². The SMILES string of the molecule is CC(C)C[C@H](NC(=O)[C@H](CC(N)=O)NC(=O)[C@H](NC(=O)[C@@H](N)CCC(=O)O)C(C)C)[C@@H](O)C[C@@H](C)C(=O)N[C@@H](C)C(=O)N[C@@H](CCC(=O)O)C(=O)N[C@H](Cc1ccccc1)C(=O)O. The lowest BCUT2D eigenvalue weighted by Crippen LogP contribution is -2.59. The predicted molar refractivity (Wildman–Crippen MR) is 225 cm³/mol. The van der Waals surface area contributed by atoms with Gasteiger partial charge in [0.25, 0.3) is 0 Å². The Morgan fingerprint density at radius 1 is 0.603 bits per heavy atom. The molecule has 0 saturated heterocycles. The first-order chi connectivity index (χ1) is 29.3. The van der Waals surface area contributed by atoms with Gasteiger partial charge in [-0.3, -0.25) is 43.2 Å². The standard InChI is InChI=1S/C41H64N8O14/c1-20(2)16-27(46-39(60)28(19-31(43)51)47-40(61)34(21(3)4)49-37(58)25(42)12-14-32(52)53)30(50)17-22(5)35(56)44-23(6)36(57)45-26(13-15-33(54)55)38(59)48-29(41(62)63)18-24-10-8-7-9-11-24/h7-11,20-23,25-30,34,50H,12-19,42H2,1-6H3,(H2,43,51)(H,44,56)(H,45,57)(H,46,60)(H,47,61)(H,48,59)(H,49,58)(H,52,53)(H,54,55)(H,62,63)/t22-,23+,25+,26+,27+,28+,29-,30+,34-/m1/s1. The van der Waals surface area contributed by atoms with Crippen LogP contribution in [0.1, 0.15) is 92.1 Å². The monoisotopic (exact) mass is 892 g/mol. The molecule has 0 saturated carbocycles. The van der Waals surface area contributed by atoms with Gasteiger partial charge >= 0.3 is 17.9 Å². The number of aliphatic hydroxyl groups is 1. The van der Waals surface area contributed by atoms with Crippen molar-refractivity contribution in [3.8, 4) is 0 Å². The van der Waals surface area contributed by atoms with Gasteiger partial charge in [0.05, 0.1) is 24.6 Å². The van der Waals surface area contributed by atoms with Crippen molar-refractivity contribution in [2.45, 2.75) is 141 Å². The fraction of sp³-hybridized carbons (Fsp3) is 0.610. The summed E-state index contributed by atoms with van der Waals surface area (Å²) in [5, 5.41) is 53.8. The van der Waals surface area contributed by atoms with Crippen LogP contribution in [-0.4, -0.2) is 128 Å². The van der Waals surface area contributed by atoms with E-state index in [2.05, 4.69) is 31.9 Å². The van der Waals surface area contributed by atoms with Crippen molar-refractivity contribution < 1.29 is 68.4 Å². The zero-order valence-electron chi connectivity index (χ0n) is 36.4. The number of aliphatic hydroxyl groups excluding tert-OH is 1. The van der Waals surface area contributed by atoms with Gasteiger partial charge in [-0.15, -0.1) is 0 Å². The summed E-state index contributed by atoms with van der Waals surface area (Å²) in [6, 6.07) is -0.933. The summed E-state index contributed by atoms with van der Waals surface area (Å²) < 4.78 is 0. The maximum Gasteiger partial charge on any atom is 0.326 e. The van der Waals surface area contributed by atoms with E-state index >= 15 is 0 Å². The Morgan fingerprint density at radius 2 is 1.14 bits per heavy atom. The highest BCUT2D eigenvalue weighted by molar-refractivity contribution is 5.96. The Labute approximate surface area is 365 Å². The number of hydrogen-bond acceptors (Lipinski definition) is 12. The average Bonchev–Trinajstić information content (AvgIpc) is 3.18. The van der Waals surface area contributed by atoms with Crippen molar-refractivity contribution in [3.63, 3.8) is 0 Å². The minimum Gasteiger partial charge on any atom is -0.481 e. The van der Waals surface area contributed by atoms with Crippen LogP contribution in [0.4, 0.5) is 0 Å². The first-order valence-electron chi connectivity index (χ1n) is 20.6. The summed E-state index contributed by atoms with van der Waals surface area (Å²) in [7, 11) is 0. The van der Waals surface area contributed by atoms with Crippen LogP contribution in [-0.2, 0) is 54.4 Å². The van der Waals surface area contributed by atoms with E-state index in [1.807, 2.05) is 0 Å². The van der Waals surface area contributed by atoms with Crippen molar-refractivity contribution >= 4 is 59.3 Å². The highest BCUT2D eigenvalue weighted by atomic mass is 16.4. The highest BCUT2D eigenvalue weighted by Crippen LogP contribution is 2.17. The average molecular weight is 893 g/mol. The second-order valence-electron chi connectivity index (χ2n) is 16.3. The van der Waals surface area contributed by atoms with Crippen LogP contribution in [0.2, 0.25) is 0 Å². The molecule has 0 radical (unpaired) electrons. The van der Waals surface area contributed by atoms with Gasteiger partial charge in [-0.1, -0.05) is 65.0 Å². The van der Waals surface area contributed by atoms with E-state index in [-0.39, 0.29) is 31.6 Å². The number of aliphatic carboxylic acids is 3. The smallest absolute Gasteiger partial charge is 0.326 e. The molecular formula is C41H64N8O14. The minimum atomic E-state index is -1.57. The molecule has 14 N–H and O–H groups in total. The largest absolute Gasteiger partial charge is 0.481 e. The number of nitrogens with two attached hydrogens (primary N) is 2. The molecule has 0 fully saturated rings. The third-order valence-electron chi connectivity index (χ3n) is 9.78. The molecule has 0 bridgehead atoms. The highest BCUT2D eigenvalue weighted by Gasteiger charge is 2.35. The van der Waals surface area contributed by atoms with Gasteiger partial charge in [0, 0.05) is 25.2 Å². The van der Waals surface area contributed by atoms with E-state index in [1.54, 1.807) is 58.0 Å². The number of amides is 7. The molecule has 63 heavy (non-hydrogen) atoms. The number of carboxylic acid groups (broad SMARTS) is 3. The molecule has 0 aromatic heterocycles. The Balaban J connectivity index is 3.07. The van der Waals surface area contributed by atoms with Crippen LogP contribution in [0.3, 0.4) is 0 Å². The van der Waals surface area contributed by atoms with Gasteiger partial charge in [0.15, 0.2) is 0 Å². The zero-order valence-corrected chi connectivity index (χ0v) is 36.4. The molecule has 0 aliphatic heterocycles. The number of nitrogens with one attached hydrogen (secondary N) is 6. The summed E-state index contributed by atoms with van der Waals surface area (Å²) in [6.45, 7) is 9.47. The molecule has 0 unspecified atom stereocenters. The number of carboxylic acids is 3. The molecule has 22 nitrogen and oxygen atoms in total. The number of carbonyl (C=O) groups excluding carboxylic acids is 7. The molecule has 1 rings (SSSR count). The number of carbonyl (C=O) groups is 10. The first-order valence-corrected chi connectivity index (χ1v) is 20.6. The van der Waals surface area contributed by atoms with E-state index in [9.17, 15) is 63.3 Å². The summed E-state index contributed by atoms with van der Waals surface area (Å²) in [5.74, 6) is -11.7. The summed E-state index contributed by atoms with van der Waals surface area (Å²) in [4.78, 5) is 125. The Bertz CT molecular complexity index is 1760. The number of rotatable bonds is 29. The summed E-state index contributed by atoms with van der Waals surface area (Å²) in [5.41, 5.74) is 11.8. The molecule has 0 heterocycles. The van der Waals surface area contributed by atoms with Crippen LogP contribution in [0.25, 0.3) is 0 Å². The van der Waals surface area contributed by atoms with Crippen LogP contribution < -0.4 is 43.4 Å². The lowest BCUT2D eigenvalue weighted by Gasteiger charge is -2.30. The van der Waals surface area contributed by atoms with Crippen molar-refractivity contribution in [1.29, 1.82) is 0 Å². The molecule has 1 aromatic carbocycles. The van der Waals surface area contributed by atoms with E-state index in [0.717, 1.165) is 0 Å². The van der Waals surface area contributed by atoms with Crippen molar-refractivity contribution in [2.75, 3.05) is 0 Å². The molecule has 0 aliphatic carbocycles. The molecule has 1 aromatic rings. The van der Waals surface area contributed by atoms with Crippen molar-refractivity contribution in [1.82, 2.24) is 31.9 Å². The predicted octanol–water partition coefficient (Wildman–Crippen LogP) is -1.74. The Kier molecular flexibility index (Phi) is 23.5. The fourth-order valence-corrected chi connectivity index (χ4v) is 6.19. The van der Waals surface area contributed by atoms with Gasteiger partial charge in [-0.05, 0) is 50.0 Å². The molecule has 7 amide bonds. The molecule has 352 valence electrons. The minimum absolute atomic E-state index is 0.0978. The zero-order chi connectivity index (χ0) is 48.1. The lowest BCUT2D eigenvalue weighted by molar-refractivity contribution is -0.143. The van der Waals surface area contributed by atoms with E-state index in [0.29, 0.717) is 5.56 Å². The number of hydrogen-bond donors (Lipinski definition) is 12. The maximum atomic E-state index is 13.6. The molecular weight excluding hydrogens is 828 g/mol. The normalized spacial score (nSPS) is 15.5. The molecule has 0 aliphatic rings. The lowest BCUT2D eigenvalue weighted by atomic mass is 9.92. The maximum absolute atomic E-state index is 13.6. The van der Waals surface area contributed by atoms with E-state index < -0.39 is 145 Å². The van der Waals surface area contributed by atoms with E-state index in [1.165, 1.54) is 13.8 Å². The fourth-order valence-electron chi connectivity index (χ4n) is 6.19. The van der Waals surface area contributed by atoms with Crippen molar-refractivity contribution in [2.24, 2.45) is 29.2 Å². The third-order valence-corrected chi connectivity index (χ3v) is 9.78. The second kappa shape index (κ2) is 27.0. The number of benzene rings is 1. The summed E-state index contributed by atoms with van der Waals surface area (Å²) >= 11 is 0. The quantitative estimate of drug-likeness (QED) is 0.0425. The Hall–Kier alpha value is -6.16.